The van der Waals surface area contributed by atoms with Crippen molar-refractivity contribution in [2.24, 2.45) is 0 Å². The Morgan fingerprint density at radius 2 is 1.74 bits per heavy atom. The molecule has 1 aromatic heterocycles. The van der Waals surface area contributed by atoms with E-state index in [1.165, 1.54) is 17.2 Å². The number of aliphatic carboxylic acids is 1. The van der Waals surface area contributed by atoms with Gasteiger partial charge in [-0.25, -0.2) is 4.39 Å². The minimum absolute atomic E-state index is 0. The molecule has 0 aliphatic rings. The van der Waals surface area contributed by atoms with Crippen molar-refractivity contribution in [2.75, 3.05) is 20.7 Å². The molecule has 0 aliphatic carbocycles. The number of ether oxygens (including phenoxy) is 1. The van der Waals surface area contributed by atoms with Gasteiger partial charge in [0.05, 0.1) is 13.0 Å². The molecule has 4 rings (SSSR count). The van der Waals surface area contributed by atoms with E-state index in [-0.39, 0.29) is 31.2 Å². The van der Waals surface area contributed by atoms with E-state index < -0.39 is 5.97 Å². The van der Waals surface area contributed by atoms with Crippen LogP contribution in [0.25, 0.3) is 34.0 Å². The largest absolute Gasteiger partial charge is 0.481 e. The number of carbonyl (C=O) groups is 1. The highest BCUT2D eigenvalue weighted by atomic mass is 35.5. The van der Waals surface area contributed by atoms with Gasteiger partial charge in [-0.05, 0) is 66.1 Å². The normalized spacial score (nSPS) is 11.0. The summed E-state index contributed by atoms with van der Waals surface area (Å²) in [5.74, 6) is -0.566. The minimum atomic E-state index is -0.892. The Kier molecular flexibility index (Phi) is 10.1. The molecule has 0 bridgehead atoms. The molecule has 0 spiro atoms. The lowest BCUT2D eigenvalue weighted by atomic mass is 9.93. The van der Waals surface area contributed by atoms with Crippen LogP contribution in [0, 0.1) is 5.82 Å². The zero-order chi connectivity index (χ0) is 26.4. The molecule has 4 aromatic rings. The van der Waals surface area contributed by atoms with Crippen LogP contribution in [0.2, 0.25) is 0 Å². The smallest absolute Gasteiger partial charge is 0.304 e. The van der Waals surface area contributed by atoms with Crippen LogP contribution in [0.5, 0.6) is 0 Å². The second-order valence-corrected chi connectivity index (χ2v) is 8.93. The topological polar surface area (TPSA) is 88.7 Å². The number of nitrogens with zero attached hydrogens (tertiary/aromatic N) is 3. The quantitative estimate of drug-likeness (QED) is 0.241. The average Bonchev–Trinajstić information content (AvgIpc) is 3.39. The first-order valence-electron chi connectivity index (χ1n) is 12.1. The third-order valence-corrected chi connectivity index (χ3v) is 6.22. The zero-order valence-electron chi connectivity index (χ0n) is 21.6. The van der Waals surface area contributed by atoms with Crippen LogP contribution >= 0.6 is 12.4 Å². The van der Waals surface area contributed by atoms with Gasteiger partial charge >= 0.3 is 5.97 Å². The van der Waals surface area contributed by atoms with Crippen molar-refractivity contribution in [2.45, 2.75) is 32.9 Å². The second kappa shape index (κ2) is 13.3. The van der Waals surface area contributed by atoms with E-state index in [1.807, 2.05) is 30.3 Å². The van der Waals surface area contributed by atoms with E-state index in [2.05, 4.69) is 29.2 Å². The molecule has 0 unspecified atom stereocenters. The van der Waals surface area contributed by atoms with Gasteiger partial charge < -0.3 is 19.3 Å². The molecule has 0 saturated heterocycles. The molecular weight excluding hydrogens is 509 g/mol. The van der Waals surface area contributed by atoms with Crippen LogP contribution in [0.1, 0.15) is 30.0 Å². The van der Waals surface area contributed by atoms with Crippen molar-refractivity contribution in [1.82, 2.24) is 15.0 Å². The number of hydrogen-bond donors (Lipinski definition) is 1. The number of methoxy groups -OCH3 is 1. The van der Waals surface area contributed by atoms with Gasteiger partial charge in [-0.2, -0.15) is 4.98 Å². The van der Waals surface area contributed by atoms with Gasteiger partial charge in [0.2, 0.25) is 5.82 Å². The highest BCUT2D eigenvalue weighted by molar-refractivity contribution is 5.85. The van der Waals surface area contributed by atoms with Crippen molar-refractivity contribution >= 4 is 18.4 Å². The lowest BCUT2D eigenvalue weighted by Crippen LogP contribution is -2.21. The van der Waals surface area contributed by atoms with Crippen molar-refractivity contribution < 1.29 is 23.6 Å². The molecule has 1 N–H and O–H groups in total. The Hall–Kier alpha value is -3.59. The molecule has 38 heavy (non-hydrogen) atoms. The second-order valence-electron chi connectivity index (χ2n) is 8.93. The number of aryl methyl sites for hydroxylation is 1. The van der Waals surface area contributed by atoms with E-state index >= 15 is 0 Å². The van der Waals surface area contributed by atoms with Crippen LogP contribution in [0.15, 0.2) is 65.2 Å². The zero-order valence-corrected chi connectivity index (χ0v) is 22.4. The fourth-order valence-electron chi connectivity index (χ4n) is 4.31. The molecule has 1 heterocycles. The number of carboxylic acids is 1. The summed E-state index contributed by atoms with van der Waals surface area (Å²) in [4.78, 5) is 17.1. The third kappa shape index (κ3) is 6.83. The van der Waals surface area contributed by atoms with Gasteiger partial charge in [0.25, 0.3) is 5.89 Å². The Morgan fingerprint density at radius 1 is 1.03 bits per heavy atom. The first kappa shape index (κ1) is 29.0. The van der Waals surface area contributed by atoms with E-state index in [0.717, 1.165) is 23.1 Å². The van der Waals surface area contributed by atoms with Gasteiger partial charge in [-0.15, -0.1) is 12.4 Å². The van der Waals surface area contributed by atoms with E-state index in [0.29, 0.717) is 36.0 Å². The maximum Gasteiger partial charge on any atom is 0.304 e. The molecule has 7 nitrogen and oxygen atoms in total. The lowest BCUT2D eigenvalue weighted by Gasteiger charge is -2.16. The first-order valence-corrected chi connectivity index (χ1v) is 12.1. The van der Waals surface area contributed by atoms with Gasteiger partial charge in [-0.3, -0.25) is 4.79 Å². The summed E-state index contributed by atoms with van der Waals surface area (Å²) in [6, 6.07) is 18.9. The molecule has 0 amide bonds. The van der Waals surface area contributed by atoms with Crippen LogP contribution in [-0.2, 0) is 29.1 Å². The van der Waals surface area contributed by atoms with E-state index in [4.69, 9.17) is 14.4 Å². The number of halogens is 2. The Balaban J connectivity index is 0.00000400. The summed E-state index contributed by atoms with van der Waals surface area (Å²) in [6.07, 6.45) is 0.909. The molecule has 0 atom stereocenters. The minimum Gasteiger partial charge on any atom is -0.481 e. The lowest BCUT2D eigenvalue weighted by molar-refractivity contribution is -0.137. The SMILES string of the molecule is CCc1ccccc1-c1ccc(-c2nc(-c3ccc(F)c(CN(C)CCC(=O)O)c3)no2)cc1COC.Cl. The Morgan fingerprint density at radius 3 is 2.47 bits per heavy atom. The molecule has 0 fully saturated rings. The third-order valence-electron chi connectivity index (χ3n) is 6.22. The van der Waals surface area contributed by atoms with Crippen molar-refractivity contribution in [3.05, 3.63) is 83.2 Å². The number of carboxylic acid groups (broad SMARTS) is 1. The average molecular weight is 540 g/mol. The van der Waals surface area contributed by atoms with Gasteiger partial charge in [0, 0.05) is 36.9 Å². The standard InChI is InChI=1S/C29H30FN3O4.ClH/c1-4-19-7-5-6-8-24(19)25-11-9-21(16-23(25)18-36-3)29-31-28(32-37-29)20-10-12-26(30)22(15-20)17-33(2)14-13-27(34)35;/h5-12,15-16H,4,13-14,17-18H2,1-3H3,(H,34,35);1H. The maximum absolute atomic E-state index is 14.4. The summed E-state index contributed by atoms with van der Waals surface area (Å²) in [5.41, 5.74) is 6.34. The van der Waals surface area contributed by atoms with Crippen LogP contribution < -0.4 is 0 Å². The van der Waals surface area contributed by atoms with E-state index in [9.17, 15) is 9.18 Å². The highest BCUT2D eigenvalue weighted by Gasteiger charge is 2.16. The predicted molar refractivity (Wildman–Crippen MR) is 146 cm³/mol. The van der Waals surface area contributed by atoms with Gasteiger partial charge in [-0.1, -0.05) is 42.4 Å². The molecule has 0 saturated carbocycles. The fourth-order valence-corrected chi connectivity index (χ4v) is 4.31. The van der Waals surface area contributed by atoms with Crippen LogP contribution in [0.4, 0.5) is 4.39 Å². The molecular formula is C29H31ClFN3O4. The summed E-state index contributed by atoms with van der Waals surface area (Å²) in [5, 5.41) is 13.0. The van der Waals surface area contributed by atoms with Crippen molar-refractivity contribution in [3.8, 4) is 34.0 Å². The first-order chi connectivity index (χ1) is 17.9. The number of hydrogen-bond acceptors (Lipinski definition) is 6. The molecule has 9 heteroatoms. The predicted octanol–water partition coefficient (Wildman–Crippen LogP) is 6.25. The summed E-state index contributed by atoms with van der Waals surface area (Å²) in [7, 11) is 3.42. The van der Waals surface area contributed by atoms with Gasteiger partial charge in [0.1, 0.15) is 5.82 Å². The van der Waals surface area contributed by atoms with E-state index in [1.54, 1.807) is 31.2 Å². The Bertz CT molecular complexity index is 1390. The maximum atomic E-state index is 14.4. The molecule has 3 aromatic carbocycles. The monoisotopic (exact) mass is 539 g/mol. The summed E-state index contributed by atoms with van der Waals surface area (Å²) in [6.45, 7) is 3.14. The number of benzene rings is 3. The Labute approximate surface area is 227 Å². The van der Waals surface area contributed by atoms with Crippen LogP contribution in [0.3, 0.4) is 0 Å². The number of rotatable bonds is 11. The van der Waals surface area contributed by atoms with Crippen molar-refractivity contribution in [3.63, 3.8) is 0 Å². The molecule has 0 aliphatic heterocycles. The fraction of sp³-hybridized carbons (Fsp3) is 0.276. The van der Waals surface area contributed by atoms with Gasteiger partial charge in [0.15, 0.2) is 0 Å². The van der Waals surface area contributed by atoms with Crippen molar-refractivity contribution in [1.29, 1.82) is 0 Å². The highest BCUT2D eigenvalue weighted by Crippen LogP contribution is 2.32. The molecule has 200 valence electrons. The van der Waals surface area contributed by atoms with Crippen LogP contribution in [-0.4, -0.2) is 46.8 Å². The summed E-state index contributed by atoms with van der Waals surface area (Å²) < 4.78 is 25.5. The molecule has 0 radical (unpaired) electrons. The number of aromatic nitrogens is 2. The summed E-state index contributed by atoms with van der Waals surface area (Å²) >= 11 is 0.